The van der Waals surface area contributed by atoms with E-state index in [-0.39, 0.29) is 18.2 Å². The number of amides is 1. The minimum Gasteiger partial charge on any atom is -0.472 e. The van der Waals surface area contributed by atoms with Gasteiger partial charge in [0.15, 0.2) is 0 Å². The third kappa shape index (κ3) is 4.77. The van der Waals surface area contributed by atoms with Crippen LogP contribution in [0.1, 0.15) is 52.1 Å². The number of rotatable bonds is 3. The van der Waals surface area contributed by atoms with Gasteiger partial charge in [-0.05, 0) is 46.6 Å². The second-order valence-electron chi connectivity index (χ2n) is 6.71. The Kier molecular flexibility index (Phi) is 4.93. The maximum absolute atomic E-state index is 12.1. The van der Waals surface area contributed by atoms with Gasteiger partial charge in [-0.1, -0.05) is 0 Å². The Morgan fingerprint density at radius 1 is 1.52 bits per heavy atom. The summed E-state index contributed by atoms with van der Waals surface area (Å²) in [6, 6.07) is 2.47. The lowest BCUT2D eigenvalue weighted by molar-refractivity contribution is 0.0184. The minimum absolute atomic E-state index is 0.215. The highest BCUT2D eigenvalue weighted by Gasteiger charge is 2.28. The van der Waals surface area contributed by atoms with Crippen LogP contribution in [0.2, 0.25) is 0 Å². The molecule has 2 unspecified atom stereocenters. The number of ether oxygens (including phenoxy) is 1. The average Bonchev–Trinajstić information content (AvgIpc) is 2.91. The van der Waals surface area contributed by atoms with E-state index >= 15 is 0 Å². The Balaban J connectivity index is 1.87. The molecule has 0 aliphatic carbocycles. The van der Waals surface area contributed by atoms with Gasteiger partial charge in [-0.3, -0.25) is 0 Å². The van der Waals surface area contributed by atoms with E-state index in [0.29, 0.717) is 6.54 Å². The van der Waals surface area contributed by atoms with Gasteiger partial charge >= 0.3 is 6.09 Å². The molecule has 0 bridgehead atoms. The SMILES string of the molecule is CC(NC1CCCN(C(=O)OC(C)(C)C)C1)c1ccoc1. The lowest BCUT2D eigenvalue weighted by atomic mass is 10.0. The molecule has 1 N–H and O–H groups in total. The number of furan rings is 1. The standard InChI is InChI=1S/C16H26N2O3/c1-12(13-7-9-20-11-13)17-14-6-5-8-18(10-14)15(19)21-16(2,3)4/h7,9,11-12,14,17H,5-6,8,10H2,1-4H3. The summed E-state index contributed by atoms with van der Waals surface area (Å²) in [6.07, 6.45) is 5.29. The van der Waals surface area contributed by atoms with Crippen molar-refractivity contribution in [2.75, 3.05) is 13.1 Å². The van der Waals surface area contributed by atoms with Crippen molar-refractivity contribution in [3.63, 3.8) is 0 Å². The highest BCUT2D eigenvalue weighted by atomic mass is 16.6. The summed E-state index contributed by atoms with van der Waals surface area (Å²) in [5.74, 6) is 0. The summed E-state index contributed by atoms with van der Waals surface area (Å²) in [5.41, 5.74) is 0.686. The number of carbonyl (C=O) groups excluding carboxylic acids is 1. The molecular formula is C16H26N2O3. The third-order valence-corrected chi connectivity index (χ3v) is 3.60. The van der Waals surface area contributed by atoms with Crippen LogP contribution in [0.3, 0.4) is 0 Å². The van der Waals surface area contributed by atoms with E-state index in [9.17, 15) is 4.79 Å². The monoisotopic (exact) mass is 294 g/mol. The van der Waals surface area contributed by atoms with Crippen LogP contribution in [-0.2, 0) is 4.74 Å². The van der Waals surface area contributed by atoms with Crippen molar-refractivity contribution in [3.8, 4) is 0 Å². The Bertz CT molecular complexity index is 451. The zero-order valence-corrected chi connectivity index (χ0v) is 13.4. The number of hydrogen-bond acceptors (Lipinski definition) is 4. The fourth-order valence-corrected chi connectivity index (χ4v) is 2.58. The molecule has 0 aromatic carbocycles. The van der Waals surface area contributed by atoms with Crippen LogP contribution >= 0.6 is 0 Å². The molecule has 1 fully saturated rings. The molecule has 1 aliphatic heterocycles. The van der Waals surface area contributed by atoms with Crippen molar-refractivity contribution >= 4 is 6.09 Å². The molecule has 21 heavy (non-hydrogen) atoms. The van der Waals surface area contributed by atoms with Crippen LogP contribution in [0, 0.1) is 0 Å². The van der Waals surface area contributed by atoms with Crippen molar-refractivity contribution in [3.05, 3.63) is 24.2 Å². The first-order chi connectivity index (χ1) is 9.85. The average molecular weight is 294 g/mol. The van der Waals surface area contributed by atoms with Crippen LogP contribution in [0.15, 0.2) is 23.0 Å². The molecule has 2 rings (SSSR count). The van der Waals surface area contributed by atoms with Crippen LogP contribution in [0.4, 0.5) is 4.79 Å². The molecule has 5 heteroatoms. The fraction of sp³-hybridized carbons (Fsp3) is 0.688. The summed E-state index contributed by atoms with van der Waals surface area (Å²) in [4.78, 5) is 13.9. The van der Waals surface area contributed by atoms with E-state index in [2.05, 4.69) is 12.2 Å². The fourth-order valence-electron chi connectivity index (χ4n) is 2.58. The van der Waals surface area contributed by atoms with E-state index < -0.39 is 5.60 Å². The second-order valence-corrected chi connectivity index (χ2v) is 6.71. The Labute approximate surface area is 126 Å². The normalized spacial score (nSPS) is 21.1. The van der Waals surface area contributed by atoms with Crippen molar-refractivity contribution < 1.29 is 13.9 Å². The van der Waals surface area contributed by atoms with Crippen LogP contribution in [0.5, 0.6) is 0 Å². The van der Waals surface area contributed by atoms with Crippen molar-refractivity contribution in [2.45, 2.75) is 58.2 Å². The van der Waals surface area contributed by atoms with E-state index in [4.69, 9.17) is 9.15 Å². The van der Waals surface area contributed by atoms with Gasteiger partial charge in [0.1, 0.15) is 5.60 Å². The summed E-state index contributed by atoms with van der Waals surface area (Å²) in [7, 11) is 0. The first-order valence-corrected chi connectivity index (χ1v) is 7.61. The quantitative estimate of drug-likeness (QED) is 0.929. The molecule has 0 radical (unpaired) electrons. The van der Waals surface area contributed by atoms with Gasteiger partial charge in [0.05, 0.1) is 12.5 Å². The maximum atomic E-state index is 12.1. The molecule has 118 valence electrons. The number of carbonyl (C=O) groups is 1. The van der Waals surface area contributed by atoms with Crippen LogP contribution in [-0.4, -0.2) is 35.7 Å². The topological polar surface area (TPSA) is 54.7 Å². The molecule has 2 atom stereocenters. The van der Waals surface area contributed by atoms with Crippen LogP contribution < -0.4 is 5.32 Å². The van der Waals surface area contributed by atoms with Gasteiger partial charge in [-0.2, -0.15) is 0 Å². The number of nitrogens with one attached hydrogen (secondary N) is 1. The predicted molar refractivity (Wildman–Crippen MR) is 81.1 cm³/mol. The molecule has 0 spiro atoms. The number of piperidine rings is 1. The lowest BCUT2D eigenvalue weighted by Gasteiger charge is -2.35. The zero-order valence-electron chi connectivity index (χ0n) is 13.4. The summed E-state index contributed by atoms with van der Waals surface area (Å²) >= 11 is 0. The molecular weight excluding hydrogens is 268 g/mol. The molecule has 1 aromatic heterocycles. The highest BCUT2D eigenvalue weighted by Crippen LogP contribution is 2.19. The van der Waals surface area contributed by atoms with Crippen molar-refractivity contribution in [1.29, 1.82) is 0 Å². The zero-order chi connectivity index (χ0) is 15.5. The van der Waals surface area contributed by atoms with Crippen molar-refractivity contribution in [1.82, 2.24) is 10.2 Å². The minimum atomic E-state index is -0.443. The van der Waals surface area contributed by atoms with Gasteiger partial charge in [0.25, 0.3) is 0 Å². The van der Waals surface area contributed by atoms with Gasteiger partial charge in [-0.15, -0.1) is 0 Å². The van der Waals surface area contributed by atoms with Gasteiger partial charge in [-0.25, -0.2) is 4.79 Å². The van der Waals surface area contributed by atoms with E-state index in [1.807, 2.05) is 26.8 Å². The Morgan fingerprint density at radius 3 is 2.90 bits per heavy atom. The molecule has 0 saturated carbocycles. The lowest BCUT2D eigenvalue weighted by Crippen LogP contribution is -2.49. The molecule has 1 aromatic rings. The third-order valence-electron chi connectivity index (χ3n) is 3.60. The summed E-state index contributed by atoms with van der Waals surface area (Å²) in [5, 5.41) is 3.56. The first-order valence-electron chi connectivity index (χ1n) is 7.61. The molecule has 2 heterocycles. The van der Waals surface area contributed by atoms with Gasteiger partial charge < -0.3 is 19.4 Å². The number of nitrogens with zero attached hydrogens (tertiary/aromatic N) is 1. The second kappa shape index (κ2) is 6.52. The van der Waals surface area contributed by atoms with Crippen molar-refractivity contribution in [2.24, 2.45) is 0 Å². The van der Waals surface area contributed by atoms with Gasteiger partial charge in [0.2, 0.25) is 0 Å². The molecule has 1 amide bonds. The Hall–Kier alpha value is -1.49. The highest BCUT2D eigenvalue weighted by molar-refractivity contribution is 5.68. The smallest absolute Gasteiger partial charge is 0.410 e. The largest absolute Gasteiger partial charge is 0.472 e. The summed E-state index contributed by atoms with van der Waals surface area (Å²) < 4.78 is 10.6. The van der Waals surface area contributed by atoms with E-state index in [1.54, 1.807) is 17.4 Å². The Morgan fingerprint density at radius 2 is 2.29 bits per heavy atom. The number of likely N-dealkylation sites (tertiary alicyclic amines) is 1. The maximum Gasteiger partial charge on any atom is 0.410 e. The summed E-state index contributed by atoms with van der Waals surface area (Å²) in [6.45, 7) is 9.25. The predicted octanol–water partition coefficient (Wildman–Crippen LogP) is 3.33. The van der Waals surface area contributed by atoms with E-state index in [0.717, 1.165) is 24.9 Å². The first kappa shape index (κ1) is 15.9. The molecule has 1 aliphatic rings. The number of hydrogen-bond donors (Lipinski definition) is 1. The molecule has 5 nitrogen and oxygen atoms in total. The van der Waals surface area contributed by atoms with E-state index in [1.165, 1.54) is 0 Å². The van der Waals surface area contributed by atoms with Gasteiger partial charge in [0, 0.05) is 30.7 Å². The molecule has 1 saturated heterocycles. The van der Waals surface area contributed by atoms with Crippen LogP contribution in [0.25, 0.3) is 0 Å².